The zero-order valence-electron chi connectivity index (χ0n) is 11.8. The number of para-hydroxylation sites is 1. The number of rotatable bonds is 5. The maximum absolute atomic E-state index is 5.63. The van der Waals surface area contributed by atoms with Crippen LogP contribution in [0.2, 0.25) is 0 Å². The predicted octanol–water partition coefficient (Wildman–Crippen LogP) is 3.71. The molecule has 0 fully saturated rings. The fourth-order valence-electron chi connectivity index (χ4n) is 1.81. The largest absolute Gasteiger partial charge is 0.437 e. The van der Waals surface area contributed by atoms with E-state index in [9.17, 15) is 0 Å². The quantitative estimate of drug-likeness (QED) is 0.575. The van der Waals surface area contributed by atoms with Gasteiger partial charge in [0.25, 0.3) is 0 Å². The van der Waals surface area contributed by atoms with E-state index in [4.69, 9.17) is 4.74 Å². The summed E-state index contributed by atoms with van der Waals surface area (Å²) in [5.74, 6) is 1.14. The van der Waals surface area contributed by atoms with Crippen LogP contribution in [0.15, 0.2) is 78.3 Å². The topological polar surface area (TPSA) is 59.4 Å². The van der Waals surface area contributed by atoms with Crippen LogP contribution >= 0.6 is 0 Å². The maximum atomic E-state index is 5.63. The summed E-state index contributed by atoms with van der Waals surface area (Å²) in [5.41, 5.74) is 4.83. The van der Waals surface area contributed by atoms with Crippen molar-refractivity contribution in [3.63, 3.8) is 0 Å². The lowest BCUT2D eigenvalue weighted by Crippen LogP contribution is -1.92. The van der Waals surface area contributed by atoms with Gasteiger partial charge in [-0.05, 0) is 29.8 Å². The Morgan fingerprint density at radius 3 is 2.73 bits per heavy atom. The zero-order valence-corrected chi connectivity index (χ0v) is 11.8. The van der Waals surface area contributed by atoms with Gasteiger partial charge in [-0.25, -0.2) is 4.98 Å². The minimum Gasteiger partial charge on any atom is -0.437 e. The highest BCUT2D eigenvalue weighted by Gasteiger charge is 1.98. The second-order valence-electron chi connectivity index (χ2n) is 4.45. The van der Waals surface area contributed by atoms with Crippen LogP contribution in [0.5, 0.6) is 11.6 Å². The van der Waals surface area contributed by atoms with E-state index in [-0.39, 0.29) is 0 Å². The fraction of sp³-hybridized carbons (Fsp3) is 0. The highest BCUT2D eigenvalue weighted by atomic mass is 16.5. The molecule has 0 saturated carbocycles. The van der Waals surface area contributed by atoms with E-state index >= 15 is 0 Å². The summed E-state index contributed by atoms with van der Waals surface area (Å²) in [4.78, 5) is 8.04. The van der Waals surface area contributed by atoms with Crippen molar-refractivity contribution >= 4 is 11.9 Å². The Labute approximate surface area is 128 Å². The summed E-state index contributed by atoms with van der Waals surface area (Å²) in [6.07, 6.45) is 6.49. The molecular weight excluding hydrogens is 276 g/mol. The third-order valence-corrected chi connectivity index (χ3v) is 2.80. The number of aromatic nitrogens is 2. The van der Waals surface area contributed by atoms with Crippen LogP contribution in [0.4, 0.5) is 5.69 Å². The Morgan fingerprint density at radius 1 is 1.00 bits per heavy atom. The molecule has 2 aromatic carbocycles. The highest BCUT2D eigenvalue weighted by molar-refractivity contribution is 5.80. The Bertz CT molecular complexity index is 745. The second kappa shape index (κ2) is 6.99. The Hall–Kier alpha value is -3.21. The molecule has 5 nitrogen and oxygen atoms in total. The normalized spacial score (nSPS) is 10.5. The molecule has 1 N–H and O–H groups in total. The predicted molar refractivity (Wildman–Crippen MR) is 86.2 cm³/mol. The number of nitrogens with one attached hydrogen (secondary N) is 1. The number of hydrazone groups is 1. The first-order valence-electron chi connectivity index (χ1n) is 6.78. The van der Waals surface area contributed by atoms with Crippen LogP contribution in [0.3, 0.4) is 0 Å². The van der Waals surface area contributed by atoms with E-state index in [0.717, 1.165) is 11.3 Å². The summed E-state index contributed by atoms with van der Waals surface area (Å²) in [6, 6.07) is 17.3. The Kier molecular flexibility index (Phi) is 4.37. The molecule has 0 spiro atoms. The third kappa shape index (κ3) is 3.89. The average molecular weight is 290 g/mol. The first-order chi connectivity index (χ1) is 10.9. The fourth-order valence-corrected chi connectivity index (χ4v) is 1.81. The molecular formula is C17H14N4O. The molecule has 5 heteroatoms. The highest BCUT2D eigenvalue weighted by Crippen LogP contribution is 2.18. The molecule has 3 aromatic rings. The van der Waals surface area contributed by atoms with E-state index < -0.39 is 0 Å². The van der Waals surface area contributed by atoms with Crippen LogP contribution in [0, 0.1) is 0 Å². The van der Waals surface area contributed by atoms with Crippen molar-refractivity contribution in [1.29, 1.82) is 0 Å². The van der Waals surface area contributed by atoms with Gasteiger partial charge in [-0.1, -0.05) is 30.3 Å². The molecule has 0 radical (unpaired) electrons. The van der Waals surface area contributed by atoms with Gasteiger partial charge in [-0.3, -0.25) is 10.4 Å². The van der Waals surface area contributed by atoms with Crippen molar-refractivity contribution < 1.29 is 4.74 Å². The van der Waals surface area contributed by atoms with Crippen molar-refractivity contribution in [2.45, 2.75) is 0 Å². The molecule has 108 valence electrons. The lowest BCUT2D eigenvalue weighted by molar-refractivity contribution is 0.460. The third-order valence-electron chi connectivity index (χ3n) is 2.80. The van der Waals surface area contributed by atoms with Gasteiger partial charge in [0.2, 0.25) is 5.88 Å². The molecule has 1 aromatic heterocycles. The van der Waals surface area contributed by atoms with Crippen molar-refractivity contribution in [1.82, 2.24) is 9.97 Å². The average Bonchev–Trinajstić information content (AvgIpc) is 2.57. The number of benzene rings is 2. The van der Waals surface area contributed by atoms with Crippen molar-refractivity contribution in [2.24, 2.45) is 5.10 Å². The Morgan fingerprint density at radius 2 is 1.91 bits per heavy atom. The Balaban J connectivity index is 1.66. The SMILES string of the molecule is C(=NNc1ccccc1)c1cccc(Oc2cnccn2)c1. The van der Waals surface area contributed by atoms with Crippen LogP contribution < -0.4 is 10.2 Å². The van der Waals surface area contributed by atoms with Crippen molar-refractivity contribution in [3.05, 3.63) is 78.8 Å². The van der Waals surface area contributed by atoms with Gasteiger partial charge < -0.3 is 4.74 Å². The zero-order chi connectivity index (χ0) is 15.0. The molecule has 0 aliphatic rings. The first kappa shape index (κ1) is 13.8. The van der Waals surface area contributed by atoms with E-state index in [0.29, 0.717) is 11.6 Å². The lowest BCUT2D eigenvalue weighted by Gasteiger charge is -2.04. The van der Waals surface area contributed by atoms with Crippen LogP contribution in [0.1, 0.15) is 5.56 Å². The van der Waals surface area contributed by atoms with E-state index in [1.165, 1.54) is 0 Å². The molecule has 0 aliphatic heterocycles. The van der Waals surface area contributed by atoms with Gasteiger partial charge in [-0.15, -0.1) is 0 Å². The monoisotopic (exact) mass is 290 g/mol. The summed E-state index contributed by atoms with van der Waals surface area (Å²) in [6.45, 7) is 0. The minimum absolute atomic E-state index is 0.457. The summed E-state index contributed by atoms with van der Waals surface area (Å²) in [7, 11) is 0. The van der Waals surface area contributed by atoms with Crippen LogP contribution in [0.25, 0.3) is 0 Å². The van der Waals surface area contributed by atoms with E-state index in [2.05, 4.69) is 20.5 Å². The minimum atomic E-state index is 0.457. The number of hydrogen-bond donors (Lipinski definition) is 1. The molecule has 0 atom stereocenters. The van der Waals surface area contributed by atoms with Gasteiger partial charge in [-0.2, -0.15) is 5.10 Å². The lowest BCUT2D eigenvalue weighted by atomic mass is 10.2. The number of hydrogen-bond acceptors (Lipinski definition) is 5. The molecule has 3 rings (SSSR count). The smallest absolute Gasteiger partial charge is 0.237 e. The molecule has 0 saturated heterocycles. The van der Waals surface area contributed by atoms with Crippen molar-refractivity contribution in [3.8, 4) is 11.6 Å². The van der Waals surface area contributed by atoms with Gasteiger partial charge in [0, 0.05) is 12.4 Å². The summed E-state index contributed by atoms with van der Waals surface area (Å²) >= 11 is 0. The van der Waals surface area contributed by atoms with Gasteiger partial charge >= 0.3 is 0 Å². The maximum Gasteiger partial charge on any atom is 0.237 e. The molecule has 0 amide bonds. The molecule has 0 aliphatic carbocycles. The first-order valence-corrected chi connectivity index (χ1v) is 6.78. The van der Waals surface area contributed by atoms with Crippen molar-refractivity contribution in [2.75, 3.05) is 5.43 Å². The van der Waals surface area contributed by atoms with Gasteiger partial charge in [0.1, 0.15) is 5.75 Å². The summed E-state index contributed by atoms with van der Waals surface area (Å²) < 4.78 is 5.63. The number of ether oxygens (including phenoxy) is 1. The molecule has 22 heavy (non-hydrogen) atoms. The van der Waals surface area contributed by atoms with E-state index in [1.54, 1.807) is 24.8 Å². The van der Waals surface area contributed by atoms with Crippen LogP contribution in [-0.2, 0) is 0 Å². The van der Waals surface area contributed by atoms with Gasteiger partial charge in [0.05, 0.1) is 18.1 Å². The van der Waals surface area contributed by atoms with Gasteiger partial charge in [0.15, 0.2) is 0 Å². The molecule has 1 heterocycles. The standard InChI is InChI=1S/C17H14N4O/c1-2-6-15(7-3-1)21-20-12-14-5-4-8-16(11-14)22-17-13-18-9-10-19-17/h1-13,21H. The van der Waals surface area contributed by atoms with E-state index in [1.807, 2.05) is 54.6 Å². The molecule has 0 unspecified atom stereocenters. The second-order valence-corrected chi connectivity index (χ2v) is 4.45. The number of anilines is 1. The molecule has 0 bridgehead atoms. The summed E-state index contributed by atoms with van der Waals surface area (Å²) in [5, 5.41) is 4.20. The number of nitrogens with zero attached hydrogens (tertiary/aromatic N) is 3. The van der Waals surface area contributed by atoms with Crippen LogP contribution in [-0.4, -0.2) is 16.2 Å².